The van der Waals surface area contributed by atoms with Crippen LogP contribution in [-0.4, -0.2) is 33.2 Å². The number of ether oxygens (including phenoxy) is 3. The molecule has 0 bridgehead atoms. The predicted octanol–water partition coefficient (Wildman–Crippen LogP) is 3.45. The Labute approximate surface area is 154 Å². The van der Waals surface area contributed by atoms with Crippen LogP contribution in [0.4, 0.5) is 0 Å². The minimum atomic E-state index is -0.494. The molecule has 0 unspecified atom stereocenters. The molecule has 0 aliphatic carbocycles. The van der Waals surface area contributed by atoms with E-state index in [1.165, 1.54) is 44.8 Å². The molecular formula is C17H18ClNO5S. The van der Waals surface area contributed by atoms with Crippen LogP contribution in [0.25, 0.3) is 0 Å². The van der Waals surface area contributed by atoms with E-state index in [0.29, 0.717) is 17.1 Å². The van der Waals surface area contributed by atoms with Crippen molar-refractivity contribution in [1.29, 1.82) is 0 Å². The highest BCUT2D eigenvalue weighted by molar-refractivity contribution is 7.10. The van der Waals surface area contributed by atoms with Crippen LogP contribution < -0.4 is 14.8 Å². The van der Waals surface area contributed by atoms with Crippen LogP contribution in [-0.2, 0) is 9.53 Å². The molecule has 0 radical (unpaired) electrons. The average Bonchev–Trinajstić information content (AvgIpc) is 3.14. The van der Waals surface area contributed by atoms with Crippen molar-refractivity contribution in [1.82, 2.24) is 5.32 Å². The van der Waals surface area contributed by atoms with Crippen LogP contribution in [0.15, 0.2) is 29.6 Å². The van der Waals surface area contributed by atoms with Crippen molar-refractivity contribution in [2.75, 3.05) is 21.3 Å². The summed E-state index contributed by atoms with van der Waals surface area (Å²) in [5.41, 5.74) is 0.300. The van der Waals surface area contributed by atoms with Crippen LogP contribution in [0.3, 0.4) is 0 Å². The fourth-order valence-corrected chi connectivity index (χ4v) is 3.32. The van der Waals surface area contributed by atoms with Gasteiger partial charge in [-0.3, -0.25) is 9.59 Å². The molecule has 2 aromatic rings. The SMILES string of the molecule is COC(=O)C[C@H](NC(=O)c1cc(Cl)c(OC)c(OC)c1)c1cccs1. The van der Waals surface area contributed by atoms with Gasteiger partial charge < -0.3 is 19.5 Å². The molecule has 1 aromatic heterocycles. The van der Waals surface area contributed by atoms with E-state index in [2.05, 4.69) is 5.32 Å². The number of benzene rings is 1. The molecule has 2 rings (SSSR count). The molecule has 25 heavy (non-hydrogen) atoms. The number of carbonyl (C=O) groups excluding carboxylic acids is 2. The standard InChI is InChI=1S/C17H18ClNO5S/c1-22-13-8-10(7-11(18)16(13)24-3)17(21)19-12(9-15(20)23-2)14-5-4-6-25-14/h4-8,12H,9H2,1-3H3,(H,19,21)/t12-/m0/s1. The van der Waals surface area contributed by atoms with Gasteiger partial charge in [0.2, 0.25) is 0 Å². The summed E-state index contributed by atoms with van der Waals surface area (Å²) < 4.78 is 15.1. The molecule has 8 heteroatoms. The van der Waals surface area contributed by atoms with E-state index in [1.54, 1.807) is 0 Å². The fraction of sp³-hybridized carbons (Fsp3) is 0.294. The Bertz CT molecular complexity index is 748. The number of carbonyl (C=O) groups is 2. The van der Waals surface area contributed by atoms with Crippen molar-refractivity contribution < 1.29 is 23.8 Å². The molecule has 0 fully saturated rings. The summed E-state index contributed by atoms with van der Waals surface area (Å²) in [5, 5.41) is 4.96. The lowest BCUT2D eigenvalue weighted by atomic mass is 10.1. The summed E-state index contributed by atoms with van der Waals surface area (Å²) in [5.74, 6) is -0.0972. The minimum Gasteiger partial charge on any atom is -0.493 e. The lowest BCUT2D eigenvalue weighted by Crippen LogP contribution is -2.30. The Hall–Kier alpha value is -2.25. The summed E-state index contributed by atoms with van der Waals surface area (Å²) in [6.07, 6.45) is 0.0315. The van der Waals surface area contributed by atoms with Gasteiger partial charge in [0.25, 0.3) is 5.91 Å². The molecule has 1 N–H and O–H groups in total. The Morgan fingerprint density at radius 3 is 2.56 bits per heavy atom. The zero-order valence-corrected chi connectivity index (χ0v) is 15.6. The quantitative estimate of drug-likeness (QED) is 0.741. The zero-order chi connectivity index (χ0) is 18.4. The second kappa shape index (κ2) is 8.73. The number of halogens is 1. The highest BCUT2D eigenvalue weighted by atomic mass is 35.5. The first-order valence-electron chi connectivity index (χ1n) is 7.32. The van der Waals surface area contributed by atoms with Crippen LogP contribution >= 0.6 is 22.9 Å². The number of hydrogen-bond acceptors (Lipinski definition) is 6. The topological polar surface area (TPSA) is 73.9 Å². The number of hydrogen-bond donors (Lipinski definition) is 1. The zero-order valence-electron chi connectivity index (χ0n) is 14.0. The number of amides is 1. The van der Waals surface area contributed by atoms with Crippen LogP contribution in [0.1, 0.15) is 27.7 Å². The predicted molar refractivity (Wildman–Crippen MR) is 95.7 cm³/mol. The maximum absolute atomic E-state index is 12.6. The number of esters is 1. The monoisotopic (exact) mass is 383 g/mol. The molecule has 0 spiro atoms. The molecule has 0 saturated heterocycles. The lowest BCUT2D eigenvalue weighted by molar-refractivity contribution is -0.141. The lowest BCUT2D eigenvalue weighted by Gasteiger charge is -2.17. The van der Waals surface area contributed by atoms with Gasteiger partial charge in [0.05, 0.1) is 38.8 Å². The van der Waals surface area contributed by atoms with Crippen LogP contribution in [0, 0.1) is 0 Å². The van der Waals surface area contributed by atoms with Crippen molar-refractivity contribution in [2.45, 2.75) is 12.5 Å². The van der Waals surface area contributed by atoms with Gasteiger partial charge >= 0.3 is 5.97 Å². The normalized spacial score (nSPS) is 11.5. The van der Waals surface area contributed by atoms with Crippen molar-refractivity contribution in [3.63, 3.8) is 0 Å². The van der Waals surface area contributed by atoms with Crippen molar-refractivity contribution >= 4 is 34.8 Å². The van der Waals surface area contributed by atoms with E-state index in [9.17, 15) is 9.59 Å². The van der Waals surface area contributed by atoms with Gasteiger partial charge in [0.1, 0.15) is 0 Å². The van der Waals surface area contributed by atoms with Gasteiger partial charge in [-0.05, 0) is 23.6 Å². The van der Waals surface area contributed by atoms with Crippen molar-refractivity contribution in [3.8, 4) is 11.5 Å². The van der Waals surface area contributed by atoms with Crippen LogP contribution in [0.5, 0.6) is 11.5 Å². The number of thiophene rings is 1. The number of nitrogens with one attached hydrogen (secondary N) is 1. The Kier molecular flexibility index (Phi) is 6.66. The molecule has 0 aliphatic heterocycles. The second-order valence-corrected chi connectivity index (χ2v) is 6.40. The van der Waals surface area contributed by atoms with E-state index in [4.69, 9.17) is 25.8 Å². The number of methoxy groups -OCH3 is 3. The third-order valence-corrected chi connectivity index (χ3v) is 4.75. The first-order chi connectivity index (χ1) is 12.0. The van der Waals surface area contributed by atoms with Crippen molar-refractivity contribution in [2.24, 2.45) is 0 Å². The molecule has 1 amide bonds. The third-order valence-electron chi connectivity index (χ3n) is 3.49. The summed E-state index contributed by atoms with van der Waals surface area (Å²) in [6, 6.07) is 6.22. The molecule has 134 valence electrons. The Balaban J connectivity index is 2.26. The van der Waals surface area contributed by atoms with Gasteiger partial charge in [-0.2, -0.15) is 0 Å². The molecule has 1 aromatic carbocycles. The molecule has 0 saturated carbocycles. The molecule has 1 heterocycles. The maximum atomic E-state index is 12.6. The third kappa shape index (κ3) is 4.64. The summed E-state index contributed by atoms with van der Waals surface area (Å²) in [6.45, 7) is 0. The van der Waals surface area contributed by atoms with E-state index >= 15 is 0 Å². The molecule has 6 nitrogen and oxygen atoms in total. The maximum Gasteiger partial charge on any atom is 0.307 e. The molecular weight excluding hydrogens is 366 g/mol. The molecule has 1 atom stereocenters. The largest absolute Gasteiger partial charge is 0.493 e. The van der Waals surface area contributed by atoms with Gasteiger partial charge in [-0.25, -0.2) is 0 Å². The van der Waals surface area contributed by atoms with Gasteiger partial charge in [-0.15, -0.1) is 11.3 Å². The van der Waals surface area contributed by atoms with E-state index in [-0.39, 0.29) is 17.4 Å². The average molecular weight is 384 g/mol. The summed E-state index contributed by atoms with van der Waals surface area (Å²) in [4.78, 5) is 25.1. The Morgan fingerprint density at radius 2 is 2.00 bits per heavy atom. The first kappa shape index (κ1) is 19.1. The van der Waals surface area contributed by atoms with Crippen LogP contribution in [0.2, 0.25) is 5.02 Å². The smallest absolute Gasteiger partial charge is 0.307 e. The number of rotatable bonds is 7. The Morgan fingerprint density at radius 1 is 1.24 bits per heavy atom. The van der Waals surface area contributed by atoms with Gasteiger partial charge in [0, 0.05) is 10.4 Å². The van der Waals surface area contributed by atoms with E-state index < -0.39 is 12.0 Å². The van der Waals surface area contributed by atoms with Gasteiger partial charge in [-0.1, -0.05) is 17.7 Å². The van der Waals surface area contributed by atoms with Gasteiger partial charge in [0.15, 0.2) is 11.5 Å². The fourth-order valence-electron chi connectivity index (χ4n) is 2.25. The highest BCUT2D eigenvalue weighted by Gasteiger charge is 2.22. The summed E-state index contributed by atoms with van der Waals surface area (Å²) in [7, 11) is 4.23. The van der Waals surface area contributed by atoms with E-state index in [1.807, 2.05) is 17.5 Å². The molecule has 0 aliphatic rings. The first-order valence-corrected chi connectivity index (χ1v) is 8.58. The minimum absolute atomic E-state index is 0.0315. The highest BCUT2D eigenvalue weighted by Crippen LogP contribution is 2.36. The van der Waals surface area contributed by atoms with Crippen molar-refractivity contribution in [3.05, 3.63) is 45.1 Å². The van der Waals surface area contributed by atoms with E-state index in [0.717, 1.165) is 4.88 Å². The second-order valence-electron chi connectivity index (χ2n) is 5.02. The summed E-state index contributed by atoms with van der Waals surface area (Å²) >= 11 is 7.59.